The van der Waals surface area contributed by atoms with Gasteiger partial charge in [0.25, 0.3) is 0 Å². The number of benzene rings is 1. The number of nitrogens with one attached hydrogen (secondary N) is 1. The molecular formula is C16H23FN2O. The molecule has 2 aliphatic rings. The summed E-state index contributed by atoms with van der Waals surface area (Å²) in [5.41, 5.74) is 0.380. The van der Waals surface area contributed by atoms with Gasteiger partial charge in [0.2, 0.25) is 0 Å². The number of hydrogen-bond acceptors (Lipinski definition) is 3. The molecule has 3 rings (SSSR count). The second-order valence-electron chi connectivity index (χ2n) is 6.16. The molecule has 3 nitrogen and oxygen atoms in total. The molecule has 1 heterocycles. The van der Waals surface area contributed by atoms with Crippen LogP contribution in [0.4, 0.5) is 4.39 Å². The summed E-state index contributed by atoms with van der Waals surface area (Å²) < 4.78 is 13.6. The summed E-state index contributed by atoms with van der Waals surface area (Å²) in [5, 5.41) is 13.5. The van der Waals surface area contributed by atoms with Gasteiger partial charge >= 0.3 is 0 Å². The molecule has 1 aliphatic heterocycles. The van der Waals surface area contributed by atoms with Gasteiger partial charge in [-0.05, 0) is 32.3 Å². The second-order valence-corrected chi connectivity index (χ2v) is 6.16. The molecule has 0 aromatic heterocycles. The molecule has 2 fully saturated rings. The van der Waals surface area contributed by atoms with Gasteiger partial charge in [-0.2, -0.15) is 0 Å². The molecule has 110 valence electrons. The van der Waals surface area contributed by atoms with E-state index in [1.54, 1.807) is 18.2 Å². The first-order chi connectivity index (χ1) is 9.65. The summed E-state index contributed by atoms with van der Waals surface area (Å²) in [6.45, 7) is 3.74. The van der Waals surface area contributed by atoms with Crippen molar-refractivity contribution in [1.29, 1.82) is 0 Å². The van der Waals surface area contributed by atoms with E-state index in [0.29, 0.717) is 24.2 Å². The summed E-state index contributed by atoms with van der Waals surface area (Å²) in [5.74, 6) is -0.332. The summed E-state index contributed by atoms with van der Waals surface area (Å²) in [6.07, 6.45) is 2.99. The van der Waals surface area contributed by atoms with Crippen LogP contribution in [0.25, 0.3) is 0 Å². The highest BCUT2D eigenvalue weighted by molar-refractivity contribution is 5.20. The zero-order valence-corrected chi connectivity index (χ0v) is 11.9. The van der Waals surface area contributed by atoms with Crippen LogP contribution in [0.15, 0.2) is 24.3 Å². The van der Waals surface area contributed by atoms with Gasteiger partial charge < -0.3 is 10.4 Å². The highest BCUT2D eigenvalue weighted by Gasteiger charge is 2.38. The predicted molar refractivity (Wildman–Crippen MR) is 77.0 cm³/mol. The van der Waals surface area contributed by atoms with E-state index in [1.807, 2.05) is 0 Å². The minimum absolute atomic E-state index is 0.332. The molecular weight excluding hydrogens is 255 g/mol. The Morgan fingerprint density at radius 1 is 1.40 bits per heavy atom. The van der Waals surface area contributed by atoms with Crippen molar-refractivity contribution in [2.24, 2.45) is 0 Å². The van der Waals surface area contributed by atoms with Crippen LogP contribution in [0.3, 0.4) is 0 Å². The van der Waals surface area contributed by atoms with E-state index in [4.69, 9.17) is 0 Å². The smallest absolute Gasteiger partial charge is 0.129 e. The average Bonchev–Trinajstić information content (AvgIpc) is 3.20. The third-order valence-electron chi connectivity index (χ3n) is 4.50. The molecule has 0 radical (unpaired) electrons. The number of likely N-dealkylation sites (tertiary alicyclic amines) is 1. The van der Waals surface area contributed by atoms with Crippen LogP contribution in [-0.4, -0.2) is 41.2 Å². The van der Waals surface area contributed by atoms with Crippen LogP contribution in [-0.2, 0) is 0 Å². The van der Waals surface area contributed by atoms with Crippen molar-refractivity contribution in [2.75, 3.05) is 13.1 Å². The van der Waals surface area contributed by atoms with E-state index in [9.17, 15) is 9.50 Å². The van der Waals surface area contributed by atoms with Crippen molar-refractivity contribution in [1.82, 2.24) is 10.2 Å². The van der Waals surface area contributed by atoms with Crippen molar-refractivity contribution in [2.45, 2.75) is 50.4 Å². The number of aliphatic hydroxyl groups is 1. The van der Waals surface area contributed by atoms with Crippen LogP contribution >= 0.6 is 0 Å². The molecule has 1 aliphatic carbocycles. The minimum atomic E-state index is -0.776. The fraction of sp³-hybridized carbons (Fsp3) is 0.625. The van der Waals surface area contributed by atoms with Crippen LogP contribution in [0.1, 0.15) is 37.9 Å². The van der Waals surface area contributed by atoms with Crippen LogP contribution in [0.2, 0.25) is 0 Å². The lowest BCUT2D eigenvalue weighted by atomic mass is 10.1. The zero-order chi connectivity index (χ0) is 14.1. The molecule has 3 atom stereocenters. The second kappa shape index (κ2) is 5.80. The van der Waals surface area contributed by atoms with E-state index >= 15 is 0 Å². The van der Waals surface area contributed by atoms with Gasteiger partial charge in [0.1, 0.15) is 5.82 Å². The highest BCUT2D eigenvalue weighted by atomic mass is 19.1. The van der Waals surface area contributed by atoms with Crippen LogP contribution in [0.5, 0.6) is 0 Å². The third kappa shape index (κ3) is 3.03. The fourth-order valence-corrected chi connectivity index (χ4v) is 3.25. The number of halogens is 1. The summed E-state index contributed by atoms with van der Waals surface area (Å²) in [6, 6.07) is 8.26. The summed E-state index contributed by atoms with van der Waals surface area (Å²) in [7, 11) is 0. The maximum Gasteiger partial charge on any atom is 0.129 e. The van der Waals surface area contributed by atoms with Gasteiger partial charge in [-0.15, -0.1) is 0 Å². The SMILES string of the molecule is CC1CC(NCC(O)c2ccccc2F)CN1C1CC1. The largest absolute Gasteiger partial charge is 0.387 e. The van der Waals surface area contributed by atoms with Gasteiger partial charge in [0.05, 0.1) is 6.10 Å². The van der Waals surface area contributed by atoms with E-state index in [2.05, 4.69) is 17.1 Å². The Morgan fingerprint density at radius 3 is 2.85 bits per heavy atom. The van der Waals surface area contributed by atoms with Gasteiger partial charge in [-0.25, -0.2) is 4.39 Å². The summed E-state index contributed by atoms with van der Waals surface area (Å²) >= 11 is 0. The van der Waals surface area contributed by atoms with E-state index in [1.165, 1.54) is 18.9 Å². The Kier molecular flexibility index (Phi) is 4.06. The van der Waals surface area contributed by atoms with E-state index in [-0.39, 0.29) is 5.82 Å². The number of aliphatic hydroxyl groups excluding tert-OH is 1. The standard InChI is InChI=1S/C16H23FN2O/c1-11-8-12(10-19(11)13-6-7-13)18-9-16(20)14-4-2-3-5-15(14)17/h2-5,11-13,16,18,20H,6-10H2,1H3. The lowest BCUT2D eigenvalue weighted by Crippen LogP contribution is -2.36. The lowest BCUT2D eigenvalue weighted by Gasteiger charge is -2.20. The fourth-order valence-electron chi connectivity index (χ4n) is 3.25. The molecule has 0 spiro atoms. The molecule has 1 saturated heterocycles. The number of rotatable bonds is 5. The van der Waals surface area contributed by atoms with Crippen LogP contribution < -0.4 is 5.32 Å². The normalized spacial score (nSPS) is 28.8. The first-order valence-corrected chi connectivity index (χ1v) is 7.56. The monoisotopic (exact) mass is 278 g/mol. The molecule has 3 unspecified atom stereocenters. The predicted octanol–water partition coefficient (Wildman–Crippen LogP) is 2.07. The first-order valence-electron chi connectivity index (χ1n) is 7.56. The molecule has 2 N–H and O–H groups in total. The Bertz CT molecular complexity index is 464. The maximum absolute atomic E-state index is 13.6. The Morgan fingerprint density at radius 2 is 2.15 bits per heavy atom. The van der Waals surface area contributed by atoms with Gasteiger partial charge in [-0.3, -0.25) is 4.90 Å². The Balaban J connectivity index is 1.51. The molecule has 1 aromatic carbocycles. The average molecular weight is 278 g/mol. The zero-order valence-electron chi connectivity index (χ0n) is 11.9. The quantitative estimate of drug-likeness (QED) is 0.865. The third-order valence-corrected chi connectivity index (χ3v) is 4.50. The van der Waals surface area contributed by atoms with Crippen molar-refractivity contribution < 1.29 is 9.50 Å². The van der Waals surface area contributed by atoms with Crippen molar-refractivity contribution in [3.05, 3.63) is 35.6 Å². The molecule has 0 bridgehead atoms. The lowest BCUT2D eigenvalue weighted by molar-refractivity contribution is 0.165. The molecule has 4 heteroatoms. The maximum atomic E-state index is 13.6. The van der Waals surface area contributed by atoms with Crippen molar-refractivity contribution >= 4 is 0 Å². The Hall–Kier alpha value is -0.970. The van der Waals surface area contributed by atoms with Gasteiger partial charge in [-0.1, -0.05) is 18.2 Å². The van der Waals surface area contributed by atoms with Crippen molar-refractivity contribution in [3.63, 3.8) is 0 Å². The minimum Gasteiger partial charge on any atom is -0.387 e. The van der Waals surface area contributed by atoms with Gasteiger partial charge in [0, 0.05) is 36.8 Å². The van der Waals surface area contributed by atoms with Gasteiger partial charge in [0.15, 0.2) is 0 Å². The van der Waals surface area contributed by atoms with E-state index in [0.717, 1.165) is 19.0 Å². The highest BCUT2D eigenvalue weighted by Crippen LogP contribution is 2.33. The van der Waals surface area contributed by atoms with E-state index < -0.39 is 6.10 Å². The topological polar surface area (TPSA) is 35.5 Å². The number of hydrogen-bond donors (Lipinski definition) is 2. The molecule has 1 saturated carbocycles. The number of nitrogens with zero attached hydrogens (tertiary/aromatic N) is 1. The first kappa shape index (κ1) is 14.0. The van der Waals surface area contributed by atoms with Crippen molar-refractivity contribution in [3.8, 4) is 0 Å². The molecule has 1 aromatic rings. The molecule has 20 heavy (non-hydrogen) atoms. The molecule has 0 amide bonds. The van der Waals surface area contributed by atoms with Crippen LogP contribution in [0, 0.1) is 5.82 Å². The Labute approximate surface area is 119 Å². The summed E-state index contributed by atoms with van der Waals surface area (Å²) in [4.78, 5) is 2.56.